The van der Waals surface area contributed by atoms with Crippen LogP contribution in [0.15, 0.2) is 41.3 Å². The highest BCUT2D eigenvalue weighted by Crippen LogP contribution is 2.36. The number of aromatic nitrogens is 3. The fourth-order valence-electron chi connectivity index (χ4n) is 3.11. The van der Waals surface area contributed by atoms with Crippen molar-refractivity contribution in [3.63, 3.8) is 0 Å². The molecule has 6 nitrogen and oxygen atoms in total. The lowest BCUT2D eigenvalue weighted by Gasteiger charge is -2.28. The van der Waals surface area contributed by atoms with Crippen LogP contribution >= 0.6 is 15.9 Å². The number of nitrogens with two attached hydrogens (primary N) is 1. The molecule has 7 heteroatoms. The molecular weight excluding hydrogens is 382 g/mol. The lowest BCUT2D eigenvalue weighted by molar-refractivity contribution is 0.467. The molecule has 1 fully saturated rings. The molecule has 4 rings (SSSR count). The molecule has 128 valence electrons. The van der Waals surface area contributed by atoms with Gasteiger partial charge in [-0.05, 0) is 37.5 Å². The van der Waals surface area contributed by atoms with Gasteiger partial charge in [0.15, 0.2) is 11.6 Å². The Balaban J connectivity index is 1.71. The van der Waals surface area contributed by atoms with Crippen molar-refractivity contribution in [2.24, 2.45) is 0 Å². The summed E-state index contributed by atoms with van der Waals surface area (Å²) in [4.78, 5) is 15.2. The molecule has 1 aliphatic rings. The summed E-state index contributed by atoms with van der Waals surface area (Å²) >= 11 is 3.54. The van der Waals surface area contributed by atoms with Crippen LogP contribution in [0.25, 0.3) is 10.9 Å². The third-order valence-electron chi connectivity index (χ3n) is 4.37. The molecule has 2 aromatic heterocycles. The average molecular weight is 400 g/mol. The van der Waals surface area contributed by atoms with E-state index in [-0.39, 0.29) is 0 Å². The Labute approximate surface area is 154 Å². The van der Waals surface area contributed by atoms with Gasteiger partial charge in [-0.1, -0.05) is 22.0 Å². The maximum atomic E-state index is 6.31. The first-order valence-corrected chi connectivity index (χ1v) is 9.10. The number of benzene rings is 1. The highest BCUT2D eigenvalue weighted by Gasteiger charge is 2.19. The highest BCUT2D eigenvalue weighted by atomic mass is 79.9. The van der Waals surface area contributed by atoms with Crippen LogP contribution in [0.3, 0.4) is 0 Å². The first kappa shape index (κ1) is 16.1. The minimum absolute atomic E-state index is 0.366. The first-order chi connectivity index (χ1) is 12.2. The second kappa shape index (κ2) is 6.84. The largest absolute Gasteiger partial charge is 0.435 e. The molecule has 0 unspecified atom stereocenters. The number of nitrogen functional groups attached to an aromatic ring is 1. The molecule has 0 saturated carbocycles. The Morgan fingerprint density at radius 2 is 1.88 bits per heavy atom. The summed E-state index contributed by atoms with van der Waals surface area (Å²) < 4.78 is 6.99. The van der Waals surface area contributed by atoms with Gasteiger partial charge in [-0.2, -0.15) is 4.98 Å². The first-order valence-electron chi connectivity index (χ1n) is 8.30. The Hall–Kier alpha value is -2.41. The van der Waals surface area contributed by atoms with Gasteiger partial charge in [-0.15, -0.1) is 0 Å². The van der Waals surface area contributed by atoms with E-state index in [0.717, 1.165) is 47.1 Å². The van der Waals surface area contributed by atoms with Gasteiger partial charge in [-0.3, -0.25) is 4.98 Å². The summed E-state index contributed by atoms with van der Waals surface area (Å²) in [6.45, 7) is 1.92. The molecule has 0 radical (unpaired) electrons. The van der Waals surface area contributed by atoms with Gasteiger partial charge in [-0.25, -0.2) is 4.98 Å². The van der Waals surface area contributed by atoms with E-state index >= 15 is 0 Å². The van der Waals surface area contributed by atoms with Crippen molar-refractivity contribution in [3.05, 3.63) is 41.3 Å². The van der Waals surface area contributed by atoms with Crippen molar-refractivity contribution in [2.75, 3.05) is 23.7 Å². The smallest absolute Gasteiger partial charge is 0.248 e. The Kier molecular flexibility index (Phi) is 4.40. The monoisotopic (exact) mass is 399 g/mol. The molecule has 1 aliphatic heterocycles. The SMILES string of the molecule is Nc1c(Oc2ccc(Br)c3cccnc23)ncnc1N1CCCCC1. The van der Waals surface area contributed by atoms with E-state index < -0.39 is 0 Å². The second-order valence-electron chi connectivity index (χ2n) is 6.01. The normalized spacial score (nSPS) is 14.7. The van der Waals surface area contributed by atoms with Crippen molar-refractivity contribution in [1.82, 2.24) is 15.0 Å². The van der Waals surface area contributed by atoms with Crippen molar-refractivity contribution >= 4 is 38.3 Å². The second-order valence-corrected chi connectivity index (χ2v) is 6.87. The molecule has 1 saturated heterocycles. The van der Waals surface area contributed by atoms with Crippen LogP contribution in [-0.2, 0) is 0 Å². The maximum Gasteiger partial charge on any atom is 0.248 e. The van der Waals surface area contributed by atoms with Crippen LogP contribution in [-0.4, -0.2) is 28.0 Å². The average Bonchev–Trinajstić information content (AvgIpc) is 2.66. The van der Waals surface area contributed by atoms with E-state index in [1.165, 1.54) is 12.7 Å². The lowest BCUT2D eigenvalue weighted by atomic mass is 10.1. The van der Waals surface area contributed by atoms with Gasteiger partial charge in [0.05, 0.1) is 0 Å². The zero-order valence-corrected chi connectivity index (χ0v) is 15.2. The van der Waals surface area contributed by atoms with Gasteiger partial charge in [0, 0.05) is 29.1 Å². The van der Waals surface area contributed by atoms with Crippen molar-refractivity contribution < 1.29 is 4.74 Å². The molecule has 3 aromatic rings. The van der Waals surface area contributed by atoms with Crippen molar-refractivity contribution in [1.29, 1.82) is 0 Å². The Morgan fingerprint density at radius 1 is 1.04 bits per heavy atom. The summed E-state index contributed by atoms with van der Waals surface area (Å²) in [5.41, 5.74) is 7.54. The quantitative estimate of drug-likeness (QED) is 0.712. The fourth-order valence-corrected chi connectivity index (χ4v) is 3.56. The summed E-state index contributed by atoms with van der Waals surface area (Å²) in [7, 11) is 0. The van der Waals surface area contributed by atoms with Gasteiger partial charge < -0.3 is 15.4 Å². The predicted molar refractivity (Wildman–Crippen MR) is 102 cm³/mol. The third-order valence-corrected chi connectivity index (χ3v) is 5.06. The van der Waals surface area contributed by atoms with Gasteiger partial charge in [0.1, 0.15) is 17.5 Å². The van der Waals surface area contributed by atoms with Crippen LogP contribution < -0.4 is 15.4 Å². The number of ether oxygens (including phenoxy) is 1. The number of fused-ring (bicyclic) bond motifs is 1. The summed E-state index contributed by atoms with van der Waals surface area (Å²) in [5, 5.41) is 0.976. The van der Waals surface area contributed by atoms with E-state index in [1.807, 2.05) is 24.3 Å². The van der Waals surface area contributed by atoms with E-state index in [0.29, 0.717) is 17.3 Å². The lowest BCUT2D eigenvalue weighted by Crippen LogP contribution is -2.31. The molecule has 3 heterocycles. The van der Waals surface area contributed by atoms with Crippen LogP contribution in [0.5, 0.6) is 11.6 Å². The number of piperidine rings is 1. The van der Waals surface area contributed by atoms with E-state index in [1.54, 1.807) is 6.20 Å². The number of rotatable bonds is 3. The zero-order chi connectivity index (χ0) is 17.2. The number of anilines is 2. The number of hydrogen-bond donors (Lipinski definition) is 1. The summed E-state index contributed by atoms with van der Waals surface area (Å²) in [6, 6.07) is 7.68. The Morgan fingerprint density at radius 3 is 2.72 bits per heavy atom. The standard InChI is InChI=1S/C18H18BrN5O/c19-13-6-7-14(16-12(13)5-4-8-21-16)25-18-15(20)17(22-11-23-18)24-9-2-1-3-10-24/h4-8,11H,1-3,9-10,20H2. The third kappa shape index (κ3) is 3.11. The van der Waals surface area contributed by atoms with Gasteiger partial charge >= 0.3 is 0 Å². The summed E-state index contributed by atoms with van der Waals surface area (Å²) in [5.74, 6) is 1.73. The number of pyridine rings is 1. The minimum Gasteiger partial charge on any atom is -0.435 e. The van der Waals surface area contributed by atoms with Gasteiger partial charge in [0.2, 0.25) is 5.88 Å². The van der Waals surface area contributed by atoms with Gasteiger partial charge in [0.25, 0.3) is 0 Å². The molecule has 2 N–H and O–H groups in total. The van der Waals surface area contributed by atoms with Crippen molar-refractivity contribution in [3.8, 4) is 11.6 Å². The summed E-state index contributed by atoms with van der Waals surface area (Å²) in [6.07, 6.45) is 6.80. The molecule has 0 aliphatic carbocycles. The number of halogens is 1. The minimum atomic E-state index is 0.366. The molecule has 0 amide bonds. The molecule has 1 aromatic carbocycles. The predicted octanol–water partition coefficient (Wildman–Crippen LogP) is 4.15. The highest BCUT2D eigenvalue weighted by molar-refractivity contribution is 9.10. The maximum absolute atomic E-state index is 6.31. The molecule has 0 bridgehead atoms. The molecule has 0 atom stereocenters. The van der Waals surface area contributed by atoms with Crippen LogP contribution in [0.2, 0.25) is 0 Å². The fraction of sp³-hybridized carbons (Fsp3) is 0.278. The van der Waals surface area contributed by atoms with Crippen LogP contribution in [0, 0.1) is 0 Å². The van der Waals surface area contributed by atoms with E-state index in [4.69, 9.17) is 10.5 Å². The van der Waals surface area contributed by atoms with E-state index in [9.17, 15) is 0 Å². The molecule has 25 heavy (non-hydrogen) atoms. The number of nitrogens with zero attached hydrogens (tertiary/aromatic N) is 4. The van der Waals surface area contributed by atoms with Crippen LogP contribution in [0.1, 0.15) is 19.3 Å². The molecule has 0 spiro atoms. The molecular formula is C18H18BrN5O. The topological polar surface area (TPSA) is 77.2 Å². The Bertz CT molecular complexity index is 911. The zero-order valence-electron chi connectivity index (χ0n) is 13.7. The van der Waals surface area contributed by atoms with E-state index in [2.05, 4.69) is 35.8 Å². The van der Waals surface area contributed by atoms with Crippen LogP contribution in [0.4, 0.5) is 11.5 Å². The van der Waals surface area contributed by atoms with Crippen molar-refractivity contribution in [2.45, 2.75) is 19.3 Å². The number of hydrogen-bond acceptors (Lipinski definition) is 6.